The van der Waals surface area contributed by atoms with Gasteiger partial charge >= 0.3 is 13.8 Å². The molecule has 420 valence electrons. The molecule has 0 heterocycles. The maximum atomic E-state index is 13.5. The van der Waals surface area contributed by atoms with Gasteiger partial charge in [0.25, 0.3) is 0 Å². The third-order valence-electron chi connectivity index (χ3n) is 11.8. The Labute approximate surface area is 454 Å². The first-order valence-electron chi connectivity index (χ1n) is 29.0. The first-order valence-corrected chi connectivity index (χ1v) is 30.5. The molecule has 9 nitrogen and oxygen atoms in total. The number of hydrogen-bond acceptors (Lipinski definition) is 6. The molecule has 3 unspecified atom stereocenters. The molecule has 0 saturated carbocycles. The Morgan fingerprint density at radius 3 is 1.31 bits per heavy atom. The van der Waals surface area contributed by atoms with E-state index in [4.69, 9.17) is 13.8 Å². The van der Waals surface area contributed by atoms with E-state index in [0.717, 1.165) is 116 Å². The number of hydrogen-bond donors (Lipinski definition) is 2. The van der Waals surface area contributed by atoms with Crippen molar-refractivity contribution in [1.82, 2.24) is 5.32 Å². The minimum Gasteiger partial charge on any atom is -0.456 e. The molecule has 0 radical (unpaired) electrons. The van der Waals surface area contributed by atoms with Crippen LogP contribution in [0.3, 0.4) is 0 Å². The SMILES string of the molecule is CC/C=C\C/C=C\C/C=C\C/C=C\C/C=C\C/C=C\CCCCC(=O)OC(/C=C/CCCCCCCCCCC)C(COP(=O)(O)OCC[N+](C)(C)C)NC(=O)CCCCC/C=C/C/C=C/C/C=C/C/C=C/CC. The number of unbranched alkanes of at least 4 members (excludes halogenated alkanes) is 14. The second kappa shape index (κ2) is 52.6. The van der Waals surface area contributed by atoms with Crippen molar-refractivity contribution in [1.29, 1.82) is 0 Å². The second-order valence-electron chi connectivity index (χ2n) is 20.0. The van der Waals surface area contributed by atoms with Crippen LogP contribution >= 0.6 is 7.82 Å². The van der Waals surface area contributed by atoms with E-state index >= 15 is 0 Å². The van der Waals surface area contributed by atoms with E-state index in [1.54, 1.807) is 0 Å². The van der Waals surface area contributed by atoms with Crippen molar-refractivity contribution in [2.75, 3.05) is 40.9 Å². The minimum absolute atomic E-state index is 0.0187. The van der Waals surface area contributed by atoms with Crippen molar-refractivity contribution in [3.63, 3.8) is 0 Å². The molecule has 0 aromatic rings. The van der Waals surface area contributed by atoms with E-state index in [2.05, 4.69) is 148 Å². The van der Waals surface area contributed by atoms with Crippen LogP contribution in [0.15, 0.2) is 134 Å². The van der Waals surface area contributed by atoms with Crippen molar-refractivity contribution in [2.24, 2.45) is 0 Å². The van der Waals surface area contributed by atoms with Crippen molar-refractivity contribution < 1.29 is 37.3 Å². The number of allylic oxidation sites excluding steroid dienone is 21. The zero-order chi connectivity index (χ0) is 54.3. The van der Waals surface area contributed by atoms with Gasteiger partial charge in [-0.05, 0) is 122 Å². The average Bonchev–Trinajstić information content (AvgIpc) is 3.36. The standard InChI is InChI=1S/C64H107N2O7P/c1-7-10-13-16-19-22-25-27-29-31-32-33-34-35-37-39-42-45-48-51-54-57-64(68)73-62(55-52-49-46-43-40-24-21-18-15-12-9-3)61(60-72-74(69,70)71-59-58-66(4,5)6)65-63(67)56-53-50-47-44-41-38-36-30-28-26-23-20-17-14-11-8-2/h10-11,13-14,19-20,22-23,27-30,32-33,35,37-38,41-42,45,52,55,61-62H,7-9,12,15-18,21,24-26,31,34,36,39-40,43-44,46-51,53-54,56-60H2,1-6H3,(H-,65,67,69,70)/p+1/b13-10-,14-11+,22-19-,23-20+,29-27-,30-28+,33-32-,37-35-,41-38+,45-42-,55-52+. The number of rotatable bonds is 50. The third kappa shape index (κ3) is 53.0. The first-order chi connectivity index (χ1) is 35.9. The van der Waals surface area contributed by atoms with Crippen molar-refractivity contribution in [3.05, 3.63) is 134 Å². The Hall–Kier alpha value is -3.85. The van der Waals surface area contributed by atoms with Crippen LogP contribution in [-0.4, -0.2) is 74.3 Å². The highest BCUT2D eigenvalue weighted by Gasteiger charge is 2.30. The molecule has 3 atom stereocenters. The van der Waals surface area contributed by atoms with E-state index in [1.807, 2.05) is 33.3 Å². The number of esters is 1. The van der Waals surface area contributed by atoms with Gasteiger partial charge in [0.2, 0.25) is 5.91 Å². The largest absolute Gasteiger partial charge is 0.472 e. The fourth-order valence-corrected chi connectivity index (χ4v) is 8.14. The number of phosphoric acid groups is 1. The molecule has 74 heavy (non-hydrogen) atoms. The molecule has 0 aliphatic rings. The molecular weight excluding hydrogens is 940 g/mol. The maximum Gasteiger partial charge on any atom is 0.472 e. The van der Waals surface area contributed by atoms with Gasteiger partial charge in [-0.25, -0.2) is 4.57 Å². The summed E-state index contributed by atoms with van der Waals surface area (Å²) < 4.78 is 30.5. The summed E-state index contributed by atoms with van der Waals surface area (Å²) >= 11 is 0. The Bertz CT molecular complexity index is 1730. The summed E-state index contributed by atoms with van der Waals surface area (Å²) in [7, 11) is 1.42. The van der Waals surface area contributed by atoms with Gasteiger partial charge < -0.3 is 19.4 Å². The monoisotopic (exact) mass is 1050 g/mol. The zero-order valence-corrected chi connectivity index (χ0v) is 48.7. The van der Waals surface area contributed by atoms with Crippen LogP contribution in [-0.2, 0) is 27.9 Å². The number of carbonyl (C=O) groups excluding carboxylic acids is 2. The van der Waals surface area contributed by atoms with E-state index in [9.17, 15) is 19.0 Å². The number of nitrogens with one attached hydrogen (secondary N) is 1. The number of carbonyl (C=O) groups is 2. The van der Waals surface area contributed by atoms with Crippen LogP contribution in [0.2, 0.25) is 0 Å². The van der Waals surface area contributed by atoms with Gasteiger partial charge in [0.05, 0.1) is 33.8 Å². The normalized spacial score (nSPS) is 14.7. The molecule has 10 heteroatoms. The Balaban J connectivity index is 5.44. The highest BCUT2D eigenvalue weighted by molar-refractivity contribution is 7.47. The molecule has 0 fully saturated rings. The number of amides is 1. The number of quaternary nitrogens is 1. The molecular formula is C64H108N2O7P+. The van der Waals surface area contributed by atoms with Gasteiger partial charge in [0, 0.05) is 12.8 Å². The lowest BCUT2D eigenvalue weighted by molar-refractivity contribution is -0.870. The maximum absolute atomic E-state index is 13.5. The second-order valence-corrected chi connectivity index (χ2v) is 21.5. The summed E-state index contributed by atoms with van der Waals surface area (Å²) in [6, 6.07) is -0.892. The summed E-state index contributed by atoms with van der Waals surface area (Å²) in [5.74, 6) is -0.606. The van der Waals surface area contributed by atoms with Crippen LogP contribution in [0.25, 0.3) is 0 Å². The number of ether oxygens (including phenoxy) is 1. The Morgan fingerprint density at radius 2 is 0.865 bits per heavy atom. The van der Waals surface area contributed by atoms with Gasteiger partial charge in [-0.15, -0.1) is 0 Å². The quantitative estimate of drug-likeness (QED) is 0.0205. The number of likely N-dealkylation sites (N-methyl/N-ethyl adjacent to an activating group) is 1. The van der Waals surface area contributed by atoms with E-state index in [0.29, 0.717) is 23.9 Å². The molecule has 0 rings (SSSR count). The van der Waals surface area contributed by atoms with E-state index in [-0.39, 0.29) is 37.9 Å². The number of phosphoric ester groups is 1. The van der Waals surface area contributed by atoms with Crippen molar-refractivity contribution in [2.45, 2.75) is 219 Å². The summed E-state index contributed by atoms with van der Waals surface area (Å²) in [4.78, 5) is 37.6. The molecule has 0 spiro atoms. The molecule has 0 saturated heterocycles. The Morgan fingerprint density at radius 1 is 0.486 bits per heavy atom. The minimum atomic E-state index is -4.47. The summed E-state index contributed by atoms with van der Waals surface area (Å²) in [6.45, 7) is 6.69. The highest BCUT2D eigenvalue weighted by atomic mass is 31.2. The predicted molar refractivity (Wildman–Crippen MR) is 318 cm³/mol. The van der Waals surface area contributed by atoms with Crippen molar-refractivity contribution in [3.8, 4) is 0 Å². The first kappa shape index (κ1) is 70.1. The summed E-state index contributed by atoms with van der Waals surface area (Å²) in [5.41, 5.74) is 0. The van der Waals surface area contributed by atoms with Gasteiger partial charge in [0.15, 0.2) is 0 Å². The summed E-state index contributed by atoms with van der Waals surface area (Å²) in [5, 5.41) is 3.01. The molecule has 1 amide bonds. The van der Waals surface area contributed by atoms with Gasteiger partial charge in [-0.1, -0.05) is 206 Å². The highest BCUT2D eigenvalue weighted by Crippen LogP contribution is 2.43. The molecule has 0 aromatic heterocycles. The van der Waals surface area contributed by atoms with Gasteiger partial charge in [0.1, 0.15) is 19.3 Å². The predicted octanol–water partition coefficient (Wildman–Crippen LogP) is 17.7. The Kier molecular flexibility index (Phi) is 49.8. The van der Waals surface area contributed by atoms with Gasteiger partial charge in [-0.3, -0.25) is 18.6 Å². The average molecular weight is 1050 g/mol. The van der Waals surface area contributed by atoms with E-state index in [1.165, 1.54) is 44.9 Å². The lowest BCUT2D eigenvalue weighted by atomic mass is 10.1. The molecule has 0 bridgehead atoms. The fraction of sp³-hybridized carbons (Fsp3) is 0.625. The van der Waals surface area contributed by atoms with Crippen LogP contribution < -0.4 is 5.32 Å². The van der Waals surface area contributed by atoms with E-state index < -0.39 is 20.0 Å². The van der Waals surface area contributed by atoms with Crippen LogP contribution in [0.1, 0.15) is 207 Å². The number of nitrogens with zero attached hydrogens (tertiary/aromatic N) is 1. The molecule has 0 aromatic carbocycles. The van der Waals surface area contributed by atoms with Gasteiger partial charge in [-0.2, -0.15) is 0 Å². The topological polar surface area (TPSA) is 111 Å². The van der Waals surface area contributed by atoms with Crippen LogP contribution in [0.4, 0.5) is 0 Å². The van der Waals surface area contributed by atoms with Crippen molar-refractivity contribution >= 4 is 19.7 Å². The lowest BCUT2D eigenvalue weighted by Crippen LogP contribution is -2.47. The van der Waals surface area contributed by atoms with Crippen LogP contribution in [0, 0.1) is 0 Å². The fourth-order valence-electron chi connectivity index (χ4n) is 7.40. The lowest BCUT2D eigenvalue weighted by Gasteiger charge is -2.27. The summed E-state index contributed by atoms with van der Waals surface area (Å²) in [6.07, 6.45) is 74.6. The third-order valence-corrected chi connectivity index (χ3v) is 12.8. The van der Waals surface area contributed by atoms with Crippen LogP contribution in [0.5, 0.6) is 0 Å². The molecule has 2 N–H and O–H groups in total. The smallest absolute Gasteiger partial charge is 0.456 e. The zero-order valence-electron chi connectivity index (χ0n) is 47.8. The molecule has 0 aliphatic carbocycles. The molecule has 0 aliphatic heterocycles.